The van der Waals surface area contributed by atoms with Crippen LogP contribution in [0.5, 0.6) is 0 Å². The summed E-state index contributed by atoms with van der Waals surface area (Å²) in [7, 11) is 0. The number of aliphatic hydroxyl groups excluding tert-OH is 1. The number of aliphatic hydroxyl groups is 1. The van der Waals surface area contributed by atoms with E-state index in [-0.39, 0.29) is 18.4 Å². The lowest BCUT2D eigenvalue weighted by molar-refractivity contribution is -0.141. The molecule has 5 nitrogen and oxygen atoms in total. The Hall–Kier alpha value is -1.10. The summed E-state index contributed by atoms with van der Waals surface area (Å²) in [6.07, 6.45) is 2.24. The first-order chi connectivity index (χ1) is 7.91. The van der Waals surface area contributed by atoms with Gasteiger partial charge in [0.15, 0.2) is 0 Å². The van der Waals surface area contributed by atoms with Crippen molar-refractivity contribution in [2.75, 3.05) is 6.61 Å². The van der Waals surface area contributed by atoms with Crippen LogP contribution in [0.1, 0.15) is 39.5 Å². The molecule has 5 heteroatoms. The SMILES string of the molecule is CCC(C)(CO)NC(=O)C1CCC(C(=O)O)C1. The molecule has 0 spiro atoms. The Morgan fingerprint density at radius 2 is 1.94 bits per heavy atom. The molecule has 3 atom stereocenters. The number of amides is 1. The molecular formula is C12H21NO4. The first-order valence-electron chi connectivity index (χ1n) is 6.07. The van der Waals surface area contributed by atoms with E-state index in [1.807, 2.05) is 6.92 Å². The van der Waals surface area contributed by atoms with Gasteiger partial charge in [-0.3, -0.25) is 9.59 Å². The minimum Gasteiger partial charge on any atom is -0.481 e. The molecule has 0 aromatic rings. The van der Waals surface area contributed by atoms with Crippen molar-refractivity contribution in [1.82, 2.24) is 5.32 Å². The van der Waals surface area contributed by atoms with E-state index in [1.165, 1.54) is 0 Å². The Morgan fingerprint density at radius 1 is 1.35 bits per heavy atom. The smallest absolute Gasteiger partial charge is 0.306 e. The van der Waals surface area contributed by atoms with Gasteiger partial charge in [-0.1, -0.05) is 6.92 Å². The van der Waals surface area contributed by atoms with E-state index in [9.17, 15) is 14.7 Å². The van der Waals surface area contributed by atoms with Crippen molar-refractivity contribution in [3.8, 4) is 0 Å². The van der Waals surface area contributed by atoms with Gasteiger partial charge >= 0.3 is 5.97 Å². The van der Waals surface area contributed by atoms with E-state index < -0.39 is 17.4 Å². The molecule has 0 aliphatic heterocycles. The van der Waals surface area contributed by atoms with Crippen LogP contribution in [-0.4, -0.2) is 34.2 Å². The first kappa shape index (κ1) is 14.0. The van der Waals surface area contributed by atoms with Gasteiger partial charge in [-0.15, -0.1) is 0 Å². The average molecular weight is 243 g/mol. The summed E-state index contributed by atoms with van der Waals surface area (Å²) in [5, 5.41) is 20.9. The topological polar surface area (TPSA) is 86.6 Å². The normalized spacial score (nSPS) is 27.5. The van der Waals surface area contributed by atoms with Gasteiger partial charge in [0.25, 0.3) is 0 Å². The predicted molar refractivity (Wildman–Crippen MR) is 62.4 cm³/mol. The minimum atomic E-state index is -0.819. The third-order valence-electron chi connectivity index (χ3n) is 3.71. The summed E-state index contributed by atoms with van der Waals surface area (Å²) in [5.41, 5.74) is -0.599. The van der Waals surface area contributed by atoms with Crippen molar-refractivity contribution in [1.29, 1.82) is 0 Å². The van der Waals surface area contributed by atoms with Gasteiger partial charge in [0, 0.05) is 5.92 Å². The largest absolute Gasteiger partial charge is 0.481 e. The van der Waals surface area contributed by atoms with Crippen molar-refractivity contribution < 1.29 is 19.8 Å². The molecule has 3 unspecified atom stereocenters. The van der Waals surface area contributed by atoms with Crippen molar-refractivity contribution in [3.05, 3.63) is 0 Å². The Bertz CT molecular complexity index is 299. The molecular weight excluding hydrogens is 222 g/mol. The number of nitrogens with one attached hydrogen (secondary N) is 1. The second-order valence-corrected chi connectivity index (χ2v) is 5.11. The zero-order chi connectivity index (χ0) is 13.1. The summed E-state index contributed by atoms with van der Waals surface area (Å²) < 4.78 is 0. The van der Waals surface area contributed by atoms with Crippen LogP contribution in [0.15, 0.2) is 0 Å². The van der Waals surface area contributed by atoms with Crippen LogP contribution in [0.25, 0.3) is 0 Å². The third-order valence-corrected chi connectivity index (χ3v) is 3.71. The first-order valence-corrected chi connectivity index (χ1v) is 6.07. The van der Waals surface area contributed by atoms with E-state index in [1.54, 1.807) is 6.92 Å². The van der Waals surface area contributed by atoms with Gasteiger partial charge < -0.3 is 15.5 Å². The van der Waals surface area contributed by atoms with E-state index in [0.29, 0.717) is 25.7 Å². The molecule has 1 fully saturated rings. The highest BCUT2D eigenvalue weighted by atomic mass is 16.4. The quantitative estimate of drug-likeness (QED) is 0.665. The lowest BCUT2D eigenvalue weighted by Crippen LogP contribution is -2.50. The van der Waals surface area contributed by atoms with Crippen molar-refractivity contribution in [2.24, 2.45) is 11.8 Å². The number of hydrogen-bond donors (Lipinski definition) is 3. The van der Waals surface area contributed by atoms with Crippen LogP contribution in [0.2, 0.25) is 0 Å². The lowest BCUT2D eigenvalue weighted by atomic mass is 9.97. The van der Waals surface area contributed by atoms with Crippen LogP contribution < -0.4 is 5.32 Å². The van der Waals surface area contributed by atoms with Gasteiger partial charge in [-0.2, -0.15) is 0 Å². The molecule has 1 saturated carbocycles. The maximum atomic E-state index is 11.9. The Labute approximate surface area is 101 Å². The van der Waals surface area contributed by atoms with Crippen LogP contribution >= 0.6 is 0 Å². The summed E-state index contributed by atoms with van der Waals surface area (Å²) >= 11 is 0. The Morgan fingerprint density at radius 3 is 2.35 bits per heavy atom. The number of carboxylic acids is 1. The number of carboxylic acid groups (broad SMARTS) is 1. The summed E-state index contributed by atoms with van der Waals surface area (Å²) in [6.45, 7) is 3.57. The molecule has 1 aliphatic rings. The fourth-order valence-electron chi connectivity index (χ4n) is 2.08. The molecule has 0 aromatic heterocycles. The molecule has 1 aliphatic carbocycles. The summed E-state index contributed by atoms with van der Waals surface area (Å²) in [5.74, 6) is -1.57. The molecule has 98 valence electrons. The van der Waals surface area contributed by atoms with Gasteiger partial charge in [0.2, 0.25) is 5.91 Å². The Balaban J connectivity index is 2.52. The van der Waals surface area contributed by atoms with Gasteiger partial charge in [-0.25, -0.2) is 0 Å². The van der Waals surface area contributed by atoms with Crippen LogP contribution in [0.4, 0.5) is 0 Å². The zero-order valence-corrected chi connectivity index (χ0v) is 10.4. The van der Waals surface area contributed by atoms with Crippen LogP contribution in [-0.2, 0) is 9.59 Å². The molecule has 0 bridgehead atoms. The summed E-state index contributed by atoms with van der Waals surface area (Å²) in [4.78, 5) is 22.7. The highest BCUT2D eigenvalue weighted by molar-refractivity contribution is 5.81. The highest BCUT2D eigenvalue weighted by Crippen LogP contribution is 2.31. The van der Waals surface area contributed by atoms with Crippen molar-refractivity contribution >= 4 is 11.9 Å². The van der Waals surface area contributed by atoms with E-state index >= 15 is 0 Å². The minimum absolute atomic E-state index is 0.107. The average Bonchev–Trinajstić information content (AvgIpc) is 2.78. The van der Waals surface area contributed by atoms with Gasteiger partial charge in [0.1, 0.15) is 0 Å². The number of carbonyl (C=O) groups is 2. The fourth-order valence-corrected chi connectivity index (χ4v) is 2.08. The molecule has 17 heavy (non-hydrogen) atoms. The van der Waals surface area contributed by atoms with E-state index in [4.69, 9.17) is 5.11 Å². The summed E-state index contributed by atoms with van der Waals surface area (Å²) in [6, 6.07) is 0. The van der Waals surface area contributed by atoms with E-state index in [2.05, 4.69) is 5.32 Å². The second-order valence-electron chi connectivity index (χ2n) is 5.11. The Kier molecular flexibility index (Phi) is 4.51. The molecule has 0 aromatic carbocycles. The molecule has 0 heterocycles. The number of carbonyl (C=O) groups excluding carboxylic acids is 1. The molecule has 0 radical (unpaired) electrons. The van der Waals surface area contributed by atoms with Crippen LogP contribution in [0.3, 0.4) is 0 Å². The van der Waals surface area contributed by atoms with Gasteiger partial charge in [0.05, 0.1) is 18.1 Å². The number of hydrogen-bond acceptors (Lipinski definition) is 3. The van der Waals surface area contributed by atoms with E-state index in [0.717, 1.165) is 0 Å². The maximum absolute atomic E-state index is 11.9. The molecule has 0 saturated heterocycles. The predicted octanol–water partition coefficient (Wildman–Crippen LogP) is 0.764. The maximum Gasteiger partial charge on any atom is 0.306 e. The lowest BCUT2D eigenvalue weighted by Gasteiger charge is -2.28. The van der Waals surface area contributed by atoms with Crippen molar-refractivity contribution in [2.45, 2.75) is 45.1 Å². The fraction of sp³-hybridized carbons (Fsp3) is 0.833. The molecule has 1 rings (SSSR count). The van der Waals surface area contributed by atoms with Gasteiger partial charge in [-0.05, 0) is 32.6 Å². The third kappa shape index (κ3) is 3.43. The standard InChI is InChI=1S/C12H21NO4/c1-3-12(2,7-14)13-10(15)8-4-5-9(6-8)11(16)17/h8-9,14H,3-7H2,1-2H3,(H,13,15)(H,16,17). The monoisotopic (exact) mass is 243 g/mol. The number of rotatable bonds is 5. The van der Waals surface area contributed by atoms with Crippen molar-refractivity contribution in [3.63, 3.8) is 0 Å². The second kappa shape index (κ2) is 5.49. The molecule has 1 amide bonds. The highest BCUT2D eigenvalue weighted by Gasteiger charge is 2.36. The van der Waals surface area contributed by atoms with Crippen LogP contribution in [0, 0.1) is 11.8 Å². The zero-order valence-electron chi connectivity index (χ0n) is 10.4. The molecule has 3 N–H and O–H groups in total. The number of aliphatic carboxylic acids is 1.